The van der Waals surface area contributed by atoms with Crippen molar-refractivity contribution < 1.29 is 19.1 Å². The van der Waals surface area contributed by atoms with Crippen LogP contribution in [0.1, 0.15) is 20.3 Å². The van der Waals surface area contributed by atoms with Crippen LogP contribution in [0.4, 0.5) is 0 Å². The predicted molar refractivity (Wildman–Crippen MR) is 94.5 cm³/mol. The molecule has 2 N–H and O–H groups in total. The number of carbonyl (C=O) groups excluding carboxylic acids is 2. The molecule has 0 aliphatic carbocycles. The summed E-state index contributed by atoms with van der Waals surface area (Å²) in [5.74, 6) is 0.916. The molecule has 0 aromatic heterocycles. The van der Waals surface area contributed by atoms with Crippen molar-refractivity contribution in [1.29, 1.82) is 0 Å². The molecular formula is C18H27N3O4. The lowest BCUT2D eigenvalue weighted by atomic mass is 10.1. The van der Waals surface area contributed by atoms with Crippen LogP contribution < -0.4 is 15.2 Å². The van der Waals surface area contributed by atoms with E-state index in [1.165, 1.54) is 0 Å². The van der Waals surface area contributed by atoms with Crippen molar-refractivity contribution in [3.05, 3.63) is 24.3 Å². The van der Waals surface area contributed by atoms with Crippen molar-refractivity contribution in [2.75, 3.05) is 33.4 Å². The standard InChI is InChI=1S/C18H27N3O4/c1-4-20(5-2)18(23)16-9-13(19)11-21(16)17(22)12-25-15-8-6-7-14(10-15)24-3/h6-8,10,13,16H,4-5,9,11-12,19H2,1-3H3/t13-,16-/m0/s1. The first kappa shape index (κ1) is 19.1. The van der Waals surface area contributed by atoms with Crippen molar-refractivity contribution in [3.63, 3.8) is 0 Å². The van der Waals surface area contributed by atoms with Crippen LogP contribution in [-0.2, 0) is 9.59 Å². The van der Waals surface area contributed by atoms with Gasteiger partial charge in [0.25, 0.3) is 5.91 Å². The fraction of sp³-hybridized carbons (Fsp3) is 0.556. The Balaban J connectivity index is 2.01. The molecule has 7 nitrogen and oxygen atoms in total. The van der Waals surface area contributed by atoms with Gasteiger partial charge in [-0.25, -0.2) is 0 Å². The number of methoxy groups -OCH3 is 1. The van der Waals surface area contributed by atoms with Gasteiger partial charge in [-0.1, -0.05) is 6.07 Å². The van der Waals surface area contributed by atoms with Crippen LogP contribution in [-0.4, -0.2) is 67.0 Å². The lowest BCUT2D eigenvalue weighted by Crippen LogP contribution is -2.48. The number of carbonyl (C=O) groups is 2. The van der Waals surface area contributed by atoms with E-state index >= 15 is 0 Å². The summed E-state index contributed by atoms with van der Waals surface area (Å²) in [6.45, 7) is 5.31. The lowest BCUT2D eigenvalue weighted by Gasteiger charge is -2.28. The van der Waals surface area contributed by atoms with Crippen LogP contribution in [0.25, 0.3) is 0 Å². The van der Waals surface area contributed by atoms with E-state index in [-0.39, 0.29) is 24.5 Å². The number of nitrogens with zero attached hydrogens (tertiary/aromatic N) is 2. The third kappa shape index (κ3) is 4.63. The molecular weight excluding hydrogens is 322 g/mol. The summed E-state index contributed by atoms with van der Waals surface area (Å²) in [5, 5.41) is 0. The third-order valence-corrected chi connectivity index (χ3v) is 4.42. The molecule has 2 rings (SSSR count). The normalized spacial score (nSPS) is 19.6. The molecule has 2 amide bonds. The molecule has 7 heteroatoms. The average molecular weight is 349 g/mol. The fourth-order valence-electron chi connectivity index (χ4n) is 3.04. The predicted octanol–water partition coefficient (Wildman–Crippen LogP) is 0.871. The van der Waals surface area contributed by atoms with Crippen LogP contribution in [0.2, 0.25) is 0 Å². The Bertz CT molecular complexity index is 604. The zero-order valence-corrected chi connectivity index (χ0v) is 15.1. The summed E-state index contributed by atoms with van der Waals surface area (Å²) >= 11 is 0. The molecule has 0 unspecified atom stereocenters. The molecule has 25 heavy (non-hydrogen) atoms. The van der Waals surface area contributed by atoms with Gasteiger partial charge in [-0.2, -0.15) is 0 Å². The first-order chi connectivity index (χ1) is 12.0. The van der Waals surface area contributed by atoms with Gasteiger partial charge < -0.3 is 25.0 Å². The van der Waals surface area contributed by atoms with E-state index in [1.54, 1.807) is 41.2 Å². The number of nitrogens with two attached hydrogens (primary N) is 1. The van der Waals surface area contributed by atoms with E-state index in [0.717, 1.165) is 0 Å². The Morgan fingerprint density at radius 3 is 2.60 bits per heavy atom. The minimum atomic E-state index is -0.503. The van der Waals surface area contributed by atoms with E-state index in [2.05, 4.69) is 0 Å². The molecule has 0 spiro atoms. The van der Waals surface area contributed by atoms with Crippen molar-refractivity contribution in [2.24, 2.45) is 5.73 Å². The van der Waals surface area contributed by atoms with Gasteiger partial charge in [0.2, 0.25) is 5.91 Å². The second kappa shape index (κ2) is 8.71. The topological polar surface area (TPSA) is 85.1 Å². The van der Waals surface area contributed by atoms with Gasteiger partial charge in [0.05, 0.1) is 7.11 Å². The van der Waals surface area contributed by atoms with Gasteiger partial charge in [0, 0.05) is 31.7 Å². The van der Waals surface area contributed by atoms with Gasteiger partial charge >= 0.3 is 0 Å². The molecule has 0 radical (unpaired) electrons. The molecule has 1 aromatic rings. The van der Waals surface area contributed by atoms with E-state index in [9.17, 15) is 9.59 Å². The maximum absolute atomic E-state index is 12.6. The minimum absolute atomic E-state index is 0.0484. The Kier molecular flexibility index (Phi) is 6.64. The van der Waals surface area contributed by atoms with Gasteiger partial charge in [0.15, 0.2) is 6.61 Å². The first-order valence-corrected chi connectivity index (χ1v) is 8.60. The molecule has 1 heterocycles. The van der Waals surface area contributed by atoms with Crippen LogP contribution >= 0.6 is 0 Å². The van der Waals surface area contributed by atoms with Gasteiger partial charge in [-0.05, 0) is 32.4 Å². The number of likely N-dealkylation sites (tertiary alicyclic amines) is 1. The summed E-state index contributed by atoms with van der Waals surface area (Å²) < 4.78 is 10.7. The number of hydrogen-bond donors (Lipinski definition) is 1. The summed E-state index contributed by atoms with van der Waals surface area (Å²) in [6, 6.07) is 6.36. The second-order valence-corrected chi connectivity index (χ2v) is 6.04. The van der Waals surface area contributed by atoms with Gasteiger partial charge in [-0.15, -0.1) is 0 Å². The molecule has 1 saturated heterocycles. The molecule has 2 atom stereocenters. The maximum atomic E-state index is 12.6. The molecule has 1 aromatic carbocycles. The summed E-state index contributed by atoms with van der Waals surface area (Å²) in [6.07, 6.45) is 0.486. The quantitative estimate of drug-likeness (QED) is 0.789. The minimum Gasteiger partial charge on any atom is -0.497 e. The SMILES string of the molecule is CCN(CC)C(=O)[C@@H]1C[C@H](N)CN1C(=O)COc1cccc(OC)c1. The summed E-state index contributed by atoms with van der Waals surface area (Å²) in [5.41, 5.74) is 6.00. The molecule has 0 bridgehead atoms. The number of ether oxygens (including phenoxy) is 2. The van der Waals surface area contributed by atoms with Gasteiger partial charge in [-0.3, -0.25) is 9.59 Å². The number of amides is 2. The Morgan fingerprint density at radius 2 is 1.96 bits per heavy atom. The Labute approximate surface area is 148 Å². The van der Waals surface area contributed by atoms with Gasteiger partial charge in [0.1, 0.15) is 17.5 Å². The zero-order valence-electron chi connectivity index (χ0n) is 15.1. The highest BCUT2D eigenvalue weighted by Crippen LogP contribution is 2.21. The largest absolute Gasteiger partial charge is 0.497 e. The molecule has 1 aliphatic heterocycles. The number of hydrogen-bond acceptors (Lipinski definition) is 5. The van der Waals surface area contributed by atoms with Crippen LogP contribution in [0.15, 0.2) is 24.3 Å². The zero-order chi connectivity index (χ0) is 18.4. The smallest absolute Gasteiger partial charge is 0.261 e. The third-order valence-electron chi connectivity index (χ3n) is 4.42. The monoisotopic (exact) mass is 349 g/mol. The fourth-order valence-corrected chi connectivity index (χ4v) is 3.04. The van der Waals surface area contributed by atoms with Crippen molar-refractivity contribution in [1.82, 2.24) is 9.80 Å². The highest BCUT2D eigenvalue weighted by molar-refractivity contribution is 5.89. The summed E-state index contributed by atoms with van der Waals surface area (Å²) in [7, 11) is 1.57. The van der Waals surface area contributed by atoms with Crippen LogP contribution in [0, 0.1) is 0 Å². The molecule has 138 valence electrons. The lowest BCUT2D eigenvalue weighted by molar-refractivity contribution is -0.144. The average Bonchev–Trinajstić information content (AvgIpc) is 3.02. The van der Waals surface area contributed by atoms with E-state index in [4.69, 9.17) is 15.2 Å². The Morgan fingerprint density at radius 1 is 1.28 bits per heavy atom. The van der Waals surface area contributed by atoms with Crippen molar-refractivity contribution in [2.45, 2.75) is 32.4 Å². The second-order valence-electron chi connectivity index (χ2n) is 6.04. The number of benzene rings is 1. The Hall–Kier alpha value is -2.28. The van der Waals surface area contributed by atoms with Crippen LogP contribution in [0.5, 0.6) is 11.5 Å². The number of rotatable bonds is 7. The highest BCUT2D eigenvalue weighted by Gasteiger charge is 2.39. The molecule has 1 fully saturated rings. The van der Waals surface area contributed by atoms with Crippen molar-refractivity contribution in [3.8, 4) is 11.5 Å². The van der Waals surface area contributed by atoms with E-state index in [1.807, 2.05) is 13.8 Å². The number of likely N-dealkylation sites (N-methyl/N-ethyl adjacent to an activating group) is 1. The van der Waals surface area contributed by atoms with Crippen molar-refractivity contribution >= 4 is 11.8 Å². The summed E-state index contributed by atoms with van der Waals surface area (Å²) in [4.78, 5) is 28.5. The molecule has 0 saturated carbocycles. The van der Waals surface area contributed by atoms with E-state index < -0.39 is 6.04 Å². The highest BCUT2D eigenvalue weighted by atomic mass is 16.5. The van der Waals surface area contributed by atoms with Crippen LogP contribution in [0.3, 0.4) is 0 Å². The maximum Gasteiger partial charge on any atom is 0.261 e. The first-order valence-electron chi connectivity index (χ1n) is 8.60. The van der Waals surface area contributed by atoms with E-state index in [0.29, 0.717) is 37.6 Å². The molecule has 1 aliphatic rings.